The Morgan fingerprint density at radius 3 is 2.84 bits per heavy atom. The van der Waals surface area contributed by atoms with Crippen molar-refractivity contribution in [2.45, 2.75) is 35.6 Å². The van der Waals surface area contributed by atoms with Gasteiger partial charge < -0.3 is 9.88 Å². The quantitative estimate of drug-likeness (QED) is 0.877. The van der Waals surface area contributed by atoms with Gasteiger partial charge in [-0.2, -0.15) is 0 Å². The molecule has 0 spiro atoms. The highest BCUT2D eigenvalue weighted by atomic mass is 32.2. The maximum Gasteiger partial charge on any atom is 0.0946 e. The van der Waals surface area contributed by atoms with Gasteiger partial charge in [0.25, 0.3) is 0 Å². The molecule has 1 aliphatic carbocycles. The van der Waals surface area contributed by atoms with Crippen molar-refractivity contribution in [1.82, 2.24) is 14.9 Å². The number of rotatable bonds is 6. The highest BCUT2D eigenvalue weighted by Crippen LogP contribution is 2.36. The fourth-order valence-corrected chi connectivity index (χ4v) is 3.69. The van der Waals surface area contributed by atoms with E-state index in [0.717, 1.165) is 18.3 Å². The molecule has 4 heteroatoms. The van der Waals surface area contributed by atoms with Crippen LogP contribution in [0.1, 0.15) is 12.8 Å². The first-order chi connectivity index (χ1) is 9.40. The van der Waals surface area contributed by atoms with Crippen LogP contribution in [0, 0.1) is 0 Å². The molecule has 3 nitrogen and oxygen atoms in total. The smallest absolute Gasteiger partial charge is 0.0946 e. The first-order valence-electron chi connectivity index (χ1n) is 6.81. The monoisotopic (exact) mass is 273 g/mol. The summed E-state index contributed by atoms with van der Waals surface area (Å²) in [6, 6.07) is 11.4. The van der Waals surface area contributed by atoms with Crippen LogP contribution in [-0.2, 0) is 6.54 Å². The molecular weight excluding hydrogens is 254 g/mol. The Kier molecular flexibility index (Phi) is 4.20. The molecule has 1 N–H and O–H groups in total. The lowest BCUT2D eigenvalue weighted by atomic mass is 9.92. The van der Waals surface area contributed by atoms with Gasteiger partial charge in [-0.15, -0.1) is 11.8 Å². The third kappa shape index (κ3) is 3.61. The standard InChI is InChI=1S/C15H19N3S/c1-2-4-14(5-3-1)19-15-10-13(11-15)17-7-9-18-8-6-16-12-18/h1-6,8,12-13,15,17H,7,9-11H2. The van der Waals surface area contributed by atoms with E-state index in [-0.39, 0.29) is 0 Å². The Morgan fingerprint density at radius 1 is 1.26 bits per heavy atom. The summed E-state index contributed by atoms with van der Waals surface area (Å²) in [5.41, 5.74) is 0. The topological polar surface area (TPSA) is 29.9 Å². The van der Waals surface area contributed by atoms with Crippen molar-refractivity contribution in [2.75, 3.05) is 6.54 Å². The Balaban J connectivity index is 1.32. The van der Waals surface area contributed by atoms with Crippen LogP contribution in [0.25, 0.3) is 0 Å². The minimum absolute atomic E-state index is 0.699. The van der Waals surface area contributed by atoms with E-state index in [2.05, 4.69) is 45.2 Å². The maximum atomic E-state index is 4.04. The second-order valence-electron chi connectivity index (χ2n) is 4.98. The second-order valence-corrected chi connectivity index (χ2v) is 6.35. The van der Waals surface area contributed by atoms with Crippen molar-refractivity contribution in [3.05, 3.63) is 49.1 Å². The third-order valence-corrected chi connectivity index (χ3v) is 4.77. The van der Waals surface area contributed by atoms with E-state index < -0.39 is 0 Å². The number of nitrogens with zero attached hydrogens (tertiary/aromatic N) is 2. The van der Waals surface area contributed by atoms with Gasteiger partial charge in [0.2, 0.25) is 0 Å². The van der Waals surface area contributed by atoms with Crippen LogP contribution < -0.4 is 5.32 Å². The van der Waals surface area contributed by atoms with E-state index in [4.69, 9.17) is 0 Å². The number of thioether (sulfide) groups is 1. The van der Waals surface area contributed by atoms with E-state index in [9.17, 15) is 0 Å². The number of benzene rings is 1. The average Bonchev–Trinajstić information content (AvgIpc) is 2.90. The van der Waals surface area contributed by atoms with Crippen LogP contribution in [0.15, 0.2) is 53.9 Å². The van der Waals surface area contributed by atoms with Gasteiger partial charge in [-0.25, -0.2) is 4.98 Å². The Morgan fingerprint density at radius 2 is 2.11 bits per heavy atom. The van der Waals surface area contributed by atoms with Gasteiger partial charge in [0, 0.05) is 41.7 Å². The summed E-state index contributed by atoms with van der Waals surface area (Å²) >= 11 is 2.01. The maximum absolute atomic E-state index is 4.04. The van der Waals surface area contributed by atoms with Gasteiger partial charge in [-0.05, 0) is 25.0 Å². The molecule has 0 aliphatic heterocycles. The number of hydrogen-bond acceptors (Lipinski definition) is 3. The lowest BCUT2D eigenvalue weighted by Crippen LogP contribution is -2.43. The highest BCUT2D eigenvalue weighted by Gasteiger charge is 2.29. The Labute approximate surface area is 118 Å². The Hall–Kier alpha value is -1.26. The van der Waals surface area contributed by atoms with Crippen molar-refractivity contribution in [3.8, 4) is 0 Å². The summed E-state index contributed by atoms with van der Waals surface area (Å²) in [4.78, 5) is 5.44. The predicted octanol–water partition coefficient (Wildman–Crippen LogP) is 2.80. The van der Waals surface area contributed by atoms with Gasteiger partial charge in [0.15, 0.2) is 0 Å². The molecule has 1 aromatic heterocycles. The predicted molar refractivity (Wildman–Crippen MR) is 79.3 cm³/mol. The van der Waals surface area contributed by atoms with Crippen LogP contribution in [0.3, 0.4) is 0 Å². The molecule has 0 saturated heterocycles. The van der Waals surface area contributed by atoms with E-state index in [1.54, 1.807) is 0 Å². The van der Waals surface area contributed by atoms with Gasteiger partial charge in [-0.3, -0.25) is 0 Å². The van der Waals surface area contributed by atoms with Gasteiger partial charge in [0.05, 0.1) is 6.33 Å². The van der Waals surface area contributed by atoms with Crippen molar-refractivity contribution >= 4 is 11.8 Å². The number of imidazole rings is 1. The largest absolute Gasteiger partial charge is 0.336 e. The molecule has 0 bridgehead atoms. The van der Waals surface area contributed by atoms with E-state index in [1.807, 2.05) is 30.5 Å². The summed E-state index contributed by atoms with van der Waals surface area (Å²) in [6.07, 6.45) is 8.27. The number of hydrogen-bond donors (Lipinski definition) is 1. The second kappa shape index (κ2) is 6.26. The van der Waals surface area contributed by atoms with E-state index in [1.165, 1.54) is 17.7 Å². The summed E-state index contributed by atoms with van der Waals surface area (Å²) in [5, 5.41) is 4.40. The van der Waals surface area contributed by atoms with Crippen molar-refractivity contribution in [2.24, 2.45) is 0 Å². The van der Waals surface area contributed by atoms with Crippen LogP contribution in [0.5, 0.6) is 0 Å². The number of nitrogens with one attached hydrogen (secondary N) is 1. The third-order valence-electron chi connectivity index (χ3n) is 3.50. The normalized spacial score (nSPS) is 22.1. The van der Waals surface area contributed by atoms with Crippen LogP contribution >= 0.6 is 11.8 Å². The molecule has 0 amide bonds. The van der Waals surface area contributed by atoms with Crippen molar-refractivity contribution < 1.29 is 0 Å². The first kappa shape index (κ1) is 12.8. The van der Waals surface area contributed by atoms with E-state index >= 15 is 0 Å². The van der Waals surface area contributed by atoms with Crippen LogP contribution in [0.2, 0.25) is 0 Å². The molecule has 1 fully saturated rings. The zero-order valence-electron chi connectivity index (χ0n) is 10.9. The molecule has 1 aromatic carbocycles. The Bertz CT molecular complexity index is 477. The molecule has 19 heavy (non-hydrogen) atoms. The number of aromatic nitrogens is 2. The highest BCUT2D eigenvalue weighted by molar-refractivity contribution is 8.00. The average molecular weight is 273 g/mol. The fourth-order valence-electron chi connectivity index (χ4n) is 2.34. The van der Waals surface area contributed by atoms with Gasteiger partial charge in [0.1, 0.15) is 0 Å². The van der Waals surface area contributed by atoms with Crippen LogP contribution in [-0.4, -0.2) is 27.4 Å². The fraction of sp³-hybridized carbons (Fsp3) is 0.400. The minimum atomic E-state index is 0.699. The van der Waals surface area contributed by atoms with Crippen molar-refractivity contribution in [1.29, 1.82) is 0 Å². The summed E-state index contributed by atoms with van der Waals surface area (Å²) in [5.74, 6) is 0. The SMILES string of the molecule is c1ccc(SC2CC(NCCn3ccnc3)C2)cc1. The molecule has 1 saturated carbocycles. The summed E-state index contributed by atoms with van der Waals surface area (Å²) in [7, 11) is 0. The lowest BCUT2D eigenvalue weighted by Gasteiger charge is -2.35. The van der Waals surface area contributed by atoms with Gasteiger partial charge >= 0.3 is 0 Å². The first-order valence-corrected chi connectivity index (χ1v) is 7.69. The zero-order chi connectivity index (χ0) is 12.9. The van der Waals surface area contributed by atoms with Gasteiger partial charge in [-0.1, -0.05) is 18.2 Å². The minimum Gasteiger partial charge on any atom is -0.336 e. The zero-order valence-corrected chi connectivity index (χ0v) is 11.7. The molecule has 0 atom stereocenters. The summed E-state index contributed by atoms with van der Waals surface area (Å²) in [6.45, 7) is 2.04. The molecule has 2 aromatic rings. The molecular formula is C15H19N3S. The molecule has 100 valence electrons. The molecule has 1 heterocycles. The van der Waals surface area contributed by atoms with Crippen molar-refractivity contribution in [3.63, 3.8) is 0 Å². The molecule has 0 radical (unpaired) electrons. The summed E-state index contributed by atoms with van der Waals surface area (Å²) < 4.78 is 2.11. The molecule has 3 rings (SSSR count). The van der Waals surface area contributed by atoms with E-state index in [0.29, 0.717) is 6.04 Å². The van der Waals surface area contributed by atoms with Crippen LogP contribution in [0.4, 0.5) is 0 Å². The molecule has 1 aliphatic rings. The molecule has 0 unspecified atom stereocenters. The lowest BCUT2D eigenvalue weighted by molar-refractivity contribution is 0.346.